The van der Waals surface area contributed by atoms with Crippen LogP contribution in [0.4, 0.5) is 17.2 Å². The van der Waals surface area contributed by atoms with Gasteiger partial charge in [0, 0.05) is 5.69 Å². The third-order valence-electron chi connectivity index (χ3n) is 4.67. The second-order valence-corrected chi connectivity index (χ2v) is 6.72. The van der Waals surface area contributed by atoms with Gasteiger partial charge in [-0.15, -0.1) is 0 Å². The van der Waals surface area contributed by atoms with Gasteiger partial charge in [-0.05, 0) is 56.7 Å². The molecule has 0 radical (unpaired) electrons. The Balaban J connectivity index is 1.87. The van der Waals surface area contributed by atoms with Crippen LogP contribution < -0.4 is 4.90 Å². The number of esters is 1. The van der Waals surface area contributed by atoms with Crippen molar-refractivity contribution < 1.29 is 9.53 Å². The molecule has 2 heterocycles. The lowest BCUT2D eigenvalue weighted by molar-refractivity contribution is 0.0526. The zero-order chi connectivity index (χ0) is 20.4. The van der Waals surface area contributed by atoms with Crippen LogP contribution in [0.5, 0.6) is 0 Å². The SMILES string of the molecule is CCOC(=O)c1ccc(N(c2ccc(C)cc2C)c2ncnc3[nH]ncc23)cc1. The summed E-state index contributed by atoms with van der Waals surface area (Å²) >= 11 is 0. The Morgan fingerprint density at radius 1 is 1.10 bits per heavy atom. The molecular weight excluding hydrogens is 366 g/mol. The number of aromatic nitrogens is 4. The highest BCUT2D eigenvalue weighted by atomic mass is 16.5. The lowest BCUT2D eigenvalue weighted by atomic mass is 10.1. The van der Waals surface area contributed by atoms with E-state index >= 15 is 0 Å². The number of aryl methyl sites for hydroxylation is 2. The highest BCUT2D eigenvalue weighted by Crippen LogP contribution is 2.38. The summed E-state index contributed by atoms with van der Waals surface area (Å²) in [6, 6.07) is 13.6. The molecule has 146 valence electrons. The molecule has 0 atom stereocenters. The van der Waals surface area contributed by atoms with Crippen molar-refractivity contribution in [2.45, 2.75) is 20.8 Å². The van der Waals surface area contributed by atoms with Crippen molar-refractivity contribution in [2.24, 2.45) is 0 Å². The summed E-state index contributed by atoms with van der Waals surface area (Å²) in [4.78, 5) is 22.9. The van der Waals surface area contributed by atoms with Crippen molar-refractivity contribution in [1.29, 1.82) is 0 Å². The minimum absolute atomic E-state index is 0.337. The van der Waals surface area contributed by atoms with Gasteiger partial charge in [-0.25, -0.2) is 14.8 Å². The predicted molar refractivity (Wildman–Crippen MR) is 112 cm³/mol. The first kappa shape index (κ1) is 18.6. The van der Waals surface area contributed by atoms with E-state index in [-0.39, 0.29) is 5.97 Å². The van der Waals surface area contributed by atoms with Gasteiger partial charge in [0.25, 0.3) is 0 Å². The maximum atomic E-state index is 12.0. The fourth-order valence-electron chi connectivity index (χ4n) is 3.32. The Hall–Kier alpha value is -3.74. The minimum atomic E-state index is -0.337. The van der Waals surface area contributed by atoms with E-state index in [1.807, 2.05) is 17.0 Å². The Kier molecular flexibility index (Phi) is 4.95. The summed E-state index contributed by atoms with van der Waals surface area (Å²) in [5.41, 5.74) is 5.31. The Morgan fingerprint density at radius 3 is 2.62 bits per heavy atom. The number of H-pyrrole nitrogens is 1. The second kappa shape index (κ2) is 7.71. The van der Waals surface area contributed by atoms with Gasteiger partial charge < -0.3 is 4.74 Å². The molecule has 0 aliphatic carbocycles. The third kappa shape index (κ3) is 3.54. The number of hydrogen-bond acceptors (Lipinski definition) is 6. The van der Waals surface area contributed by atoms with E-state index in [9.17, 15) is 4.79 Å². The molecule has 0 amide bonds. The number of nitrogens with zero attached hydrogens (tertiary/aromatic N) is 4. The molecule has 7 heteroatoms. The van der Waals surface area contributed by atoms with Gasteiger partial charge in [0.1, 0.15) is 6.33 Å². The van der Waals surface area contributed by atoms with Crippen molar-refractivity contribution in [3.8, 4) is 0 Å². The van der Waals surface area contributed by atoms with E-state index in [2.05, 4.69) is 52.2 Å². The van der Waals surface area contributed by atoms with E-state index < -0.39 is 0 Å². The van der Waals surface area contributed by atoms with Crippen LogP contribution in [-0.4, -0.2) is 32.7 Å². The highest BCUT2D eigenvalue weighted by Gasteiger charge is 2.20. The Labute approximate surface area is 168 Å². The average Bonchev–Trinajstić information content (AvgIpc) is 3.20. The molecule has 0 aliphatic heterocycles. The van der Waals surface area contributed by atoms with Crippen LogP contribution in [-0.2, 0) is 4.74 Å². The molecule has 0 aliphatic rings. The summed E-state index contributed by atoms with van der Waals surface area (Å²) in [5, 5.41) is 7.81. The van der Waals surface area contributed by atoms with Crippen LogP contribution >= 0.6 is 0 Å². The van der Waals surface area contributed by atoms with Gasteiger partial charge in [-0.2, -0.15) is 5.10 Å². The molecule has 4 aromatic rings. The summed E-state index contributed by atoms with van der Waals surface area (Å²) in [5.74, 6) is 0.371. The smallest absolute Gasteiger partial charge is 0.338 e. The standard InChI is InChI=1S/C22H21N5O2/c1-4-29-22(28)16-6-8-17(9-7-16)27(19-10-5-14(2)11-15(19)3)21-18-12-25-26-20(18)23-13-24-21/h5-13H,4H2,1-3H3,(H,23,24,25,26). The maximum Gasteiger partial charge on any atom is 0.338 e. The molecule has 0 saturated heterocycles. The molecule has 29 heavy (non-hydrogen) atoms. The normalized spacial score (nSPS) is 10.9. The van der Waals surface area contributed by atoms with E-state index in [0.717, 1.165) is 22.3 Å². The molecule has 1 N–H and O–H groups in total. The zero-order valence-corrected chi connectivity index (χ0v) is 16.5. The minimum Gasteiger partial charge on any atom is -0.462 e. The number of anilines is 3. The van der Waals surface area contributed by atoms with Crippen LogP contribution in [0.3, 0.4) is 0 Å². The number of nitrogens with one attached hydrogen (secondary N) is 1. The molecule has 0 fully saturated rings. The first-order chi connectivity index (χ1) is 14.1. The molecule has 2 aromatic carbocycles. The fourth-order valence-corrected chi connectivity index (χ4v) is 3.32. The van der Waals surface area contributed by atoms with Crippen LogP contribution in [0.15, 0.2) is 55.0 Å². The number of carbonyl (C=O) groups excluding carboxylic acids is 1. The number of hydrogen-bond donors (Lipinski definition) is 1. The molecule has 0 bridgehead atoms. The predicted octanol–water partition coefficient (Wildman–Crippen LogP) is 4.62. The first-order valence-electron chi connectivity index (χ1n) is 9.37. The second-order valence-electron chi connectivity index (χ2n) is 6.72. The molecule has 4 rings (SSSR count). The van der Waals surface area contributed by atoms with Crippen LogP contribution in [0.25, 0.3) is 11.0 Å². The summed E-state index contributed by atoms with van der Waals surface area (Å²) in [6.45, 7) is 6.26. The largest absolute Gasteiger partial charge is 0.462 e. The van der Waals surface area contributed by atoms with Crippen molar-refractivity contribution in [3.05, 3.63) is 71.7 Å². The number of ether oxygens (including phenoxy) is 1. The molecule has 2 aromatic heterocycles. The van der Waals surface area contributed by atoms with E-state index in [0.29, 0.717) is 23.6 Å². The van der Waals surface area contributed by atoms with E-state index in [4.69, 9.17) is 4.74 Å². The monoisotopic (exact) mass is 387 g/mol. The summed E-state index contributed by atoms with van der Waals surface area (Å²) in [6.07, 6.45) is 3.23. The van der Waals surface area contributed by atoms with Gasteiger partial charge in [0.2, 0.25) is 0 Å². The van der Waals surface area contributed by atoms with Crippen molar-refractivity contribution in [3.63, 3.8) is 0 Å². The van der Waals surface area contributed by atoms with Crippen LogP contribution in [0.2, 0.25) is 0 Å². The van der Waals surface area contributed by atoms with Crippen molar-refractivity contribution in [2.75, 3.05) is 11.5 Å². The third-order valence-corrected chi connectivity index (χ3v) is 4.67. The van der Waals surface area contributed by atoms with Crippen LogP contribution in [0, 0.1) is 13.8 Å². The molecule has 0 spiro atoms. The van der Waals surface area contributed by atoms with Gasteiger partial charge in [0.05, 0.1) is 29.4 Å². The number of aromatic amines is 1. The lowest BCUT2D eigenvalue weighted by Crippen LogP contribution is -2.14. The molecule has 0 saturated carbocycles. The van der Waals surface area contributed by atoms with E-state index in [1.165, 1.54) is 11.9 Å². The zero-order valence-electron chi connectivity index (χ0n) is 16.5. The number of rotatable bonds is 5. The number of benzene rings is 2. The highest BCUT2D eigenvalue weighted by molar-refractivity contribution is 5.94. The number of carbonyl (C=O) groups is 1. The molecule has 0 unspecified atom stereocenters. The average molecular weight is 387 g/mol. The van der Waals surface area contributed by atoms with Crippen molar-refractivity contribution in [1.82, 2.24) is 20.2 Å². The molecule has 7 nitrogen and oxygen atoms in total. The maximum absolute atomic E-state index is 12.0. The summed E-state index contributed by atoms with van der Waals surface area (Å²) in [7, 11) is 0. The summed E-state index contributed by atoms with van der Waals surface area (Å²) < 4.78 is 5.09. The fraction of sp³-hybridized carbons (Fsp3) is 0.182. The van der Waals surface area contributed by atoms with Crippen molar-refractivity contribution >= 4 is 34.2 Å². The van der Waals surface area contributed by atoms with Gasteiger partial charge in [-0.3, -0.25) is 10.00 Å². The van der Waals surface area contributed by atoms with Gasteiger partial charge in [-0.1, -0.05) is 17.7 Å². The number of fused-ring (bicyclic) bond motifs is 1. The van der Waals surface area contributed by atoms with E-state index in [1.54, 1.807) is 25.3 Å². The van der Waals surface area contributed by atoms with Gasteiger partial charge >= 0.3 is 5.97 Å². The Morgan fingerprint density at radius 2 is 1.90 bits per heavy atom. The van der Waals surface area contributed by atoms with Crippen LogP contribution in [0.1, 0.15) is 28.4 Å². The first-order valence-corrected chi connectivity index (χ1v) is 9.37. The molecular formula is C22H21N5O2. The lowest BCUT2D eigenvalue weighted by Gasteiger charge is -2.26. The topological polar surface area (TPSA) is 84.0 Å². The quantitative estimate of drug-likeness (QED) is 0.503. The Bertz CT molecular complexity index is 1170. The van der Waals surface area contributed by atoms with Gasteiger partial charge in [0.15, 0.2) is 11.5 Å².